The first kappa shape index (κ1) is 18.0. The molecule has 0 aliphatic heterocycles. The molecular formula is C19H21ClN2O2. The largest absolute Gasteiger partial charge is 0.329 e. The molecule has 0 atom stereocenters. The van der Waals surface area contributed by atoms with Crippen molar-refractivity contribution in [2.45, 2.75) is 27.3 Å². The average molecular weight is 345 g/mol. The van der Waals surface area contributed by atoms with E-state index in [1.54, 1.807) is 6.07 Å². The predicted molar refractivity (Wildman–Crippen MR) is 97.1 cm³/mol. The van der Waals surface area contributed by atoms with E-state index >= 15 is 0 Å². The monoisotopic (exact) mass is 344 g/mol. The highest BCUT2D eigenvalue weighted by Crippen LogP contribution is 2.27. The van der Waals surface area contributed by atoms with Gasteiger partial charge in [-0.1, -0.05) is 48.0 Å². The zero-order valence-corrected chi connectivity index (χ0v) is 14.9. The number of aryl methyl sites for hydroxylation is 2. The molecule has 0 saturated carbocycles. The van der Waals surface area contributed by atoms with Crippen molar-refractivity contribution in [1.82, 2.24) is 4.90 Å². The number of amides is 2. The Labute approximate surface area is 147 Å². The Morgan fingerprint density at radius 3 is 2.38 bits per heavy atom. The topological polar surface area (TPSA) is 49.4 Å². The minimum absolute atomic E-state index is 0.0200. The van der Waals surface area contributed by atoms with Gasteiger partial charge in [0.05, 0.1) is 10.7 Å². The van der Waals surface area contributed by atoms with Crippen molar-refractivity contribution in [2.24, 2.45) is 0 Å². The highest BCUT2D eigenvalue weighted by atomic mass is 35.5. The molecule has 5 heteroatoms. The molecule has 2 aromatic rings. The lowest BCUT2D eigenvalue weighted by Gasteiger charge is -2.21. The summed E-state index contributed by atoms with van der Waals surface area (Å²) in [7, 11) is 0. The van der Waals surface area contributed by atoms with Crippen LogP contribution in [0.3, 0.4) is 0 Å². The lowest BCUT2D eigenvalue weighted by molar-refractivity contribution is -0.133. The summed E-state index contributed by atoms with van der Waals surface area (Å²) in [6.07, 6.45) is 0. The molecule has 4 nitrogen and oxygen atoms in total. The van der Waals surface area contributed by atoms with Crippen molar-refractivity contribution in [3.8, 4) is 0 Å². The van der Waals surface area contributed by atoms with Crippen LogP contribution in [0.4, 0.5) is 5.69 Å². The molecule has 0 aromatic heterocycles. The molecule has 2 amide bonds. The minimum Gasteiger partial charge on any atom is -0.329 e. The van der Waals surface area contributed by atoms with Crippen molar-refractivity contribution in [3.63, 3.8) is 0 Å². The Morgan fingerprint density at radius 2 is 1.79 bits per heavy atom. The van der Waals surface area contributed by atoms with Crippen LogP contribution in [0.2, 0.25) is 5.02 Å². The third-order valence-electron chi connectivity index (χ3n) is 3.69. The normalized spacial score (nSPS) is 10.3. The lowest BCUT2D eigenvalue weighted by atomic mass is 10.1. The number of benzene rings is 2. The Balaban J connectivity index is 2.07. The predicted octanol–water partition coefficient (Wildman–Crippen LogP) is 3.94. The number of hydrogen-bond donors (Lipinski definition) is 1. The fraction of sp³-hybridized carbons (Fsp3) is 0.263. The summed E-state index contributed by atoms with van der Waals surface area (Å²) in [5.41, 5.74) is 3.50. The third-order valence-corrected chi connectivity index (χ3v) is 3.99. The molecule has 0 unspecified atom stereocenters. The van der Waals surface area contributed by atoms with Crippen LogP contribution in [0, 0.1) is 13.8 Å². The fourth-order valence-corrected chi connectivity index (χ4v) is 2.88. The van der Waals surface area contributed by atoms with Gasteiger partial charge in [-0.05, 0) is 36.6 Å². The minimum atomic E-state index is -0.269. The molecule has 1 N–H and O–H groups in total. The molecular weight excluding hydrogens is 324 g/mol. The summed E-state index contributed by atoms with van der Waals surface area (Å²) in [5.74, 6) is -0.421. The van der Waals surface area contributed by atoms with Crippen LogP contribution < -0.4 is 5.32 Å². The van der Waals surface area contributed by atoms with E-state index in [9.17, 15) is 9.59 Å². The van der Waals surface area contributed by atoms with E-state index in [2.05, 4.69) is 5.32 Å². The summed E-state index contributed by atoms with van der Waals surface area (Å²) < 4.78 is 0. The van der Waals surface area contributed by atoms with Crippen LogP contribution in [-0.4, -0.2) is 23.3 Å². The molecule has 0 aliphatic carbocycles. The molecule has 0 aliphatic rings. The summed E-state index contributed by atoms with van der Waals surface area (Å²) in [6, 6.07) is 13.3. The molecule has 126 valence electrons. The zero-order valence-electron chi connectivity index (χ0n) is 14.1. The zero-order chi connectivity index (χ0) is 17.7. The van der Waals surface area contributed by atoms with E-state index in [1.165, 1.54) is 11.8 Å². The Kier molecular flexibility index (Phi) is 5.99. The first-order chi connectivity index (χ1) is 11.4. The molecule has 0 spiro atoms. The third kappa shape index (κ3) is 4.83. The van der Waals surface area contributed by atoms with Crippen molar-refractivity contribution in [1.29, 1.82) is 0 Å². The van der Waals surface area contributed by atoms with Gasteiger partial charge in [-0.25, -0.2) is 0 Å². The lowest BCUT2D eigenvalue weighted by Crippen LogP contribution is -2.36. The van der Waals surface area contributed by atoms with Gasteiger partial charge in [-0.15, -0.1) is 0 Å². The second-order valence-electron chi connectivity index (χ2n) is 5.85. The van der Waals surface area contributed by atoms with E-state index in [-0.39, 0.29) is 18.4 Å². The van der Waals surface area contributed by atoms with E-state index in [0.717, 1.165) is 16.7 Å². The van der Waals surface area contributed by atoms with Gasteiger partial charge in [-0.3, -0.25) is 9.59 Å². The standard InChI is InChI=1S/C19H21ClN2O2/c1-13-9-14(2)19(17(20)10-13)21-18(24)12-22(15(3)23)11-16-7-5-4-6-8-16/h4-10H,11-12H2,1-3H3,(H,21,24). The van der Waals surface area contributed by atoms with E-state index in [0.29, 0.717) is 17.3 Å². The molecule has 24 heavy (non-hydrogen) atoms. The molecule has 0 fully saturated rings. The van der Waals surface area contributed by atoms with Crippen LogP contribution in [0.25, 0.3) is 0 Å². The van der Waals surface area contributed by atoms with Crippen LogP contribution in [-0.2, 0) is 16.1 Å². The van der Waals surface area contributed by atoms with Crippen molar-refractivity contribution in [2.75, 3.05) is 11.9 Å². The fourth-order valence-electron chi connectivity index (χ4n) is 2.51. The van der Waals surface area contributed by atoms with Gasteiger partial charge in [0.25, 0.3) is 0 Å². The van der Waals surface area contributed by atoms with Crippen molar-refractivity contribution in [3.05, 3.63) is 64.2 Å². The number of carbonyl (C=O) groups excluding carboxylic acids is 2. The van der Waals surface area contributed by atoms with Gasteiger partial charge in [0.15, 0.2) is 0 Å². The van der Waals surface area contributed by atoms with Gasteiger partial charge in [0, 0.05) is 13.5 Å². The van der Waals surface area contributed by atoms with E-state index < -0.39 is 0 Å². The quantitative estimate of drug-likeness (QED) is 0.893. The van der Waals surface area contributed by atoms with Gasteiger partial charge < -0.3 is 10.2 Å². The highest BCUT2D eigenvalue weighted by Gasteiger charge is 2.16. The van der Waals surface area contributed by atoms with Crippen LogP contribution in [0.5, 0.6) is 0 Å². The summed E-state index contributed by atoms with van der Waals surface area (Å²) in [5, 5.41) is 3.31. The summed E-state index contributed by atoms with van der Waals surface area (Å²) >= 11 is 6.21. The number of hydrogen-bond acceptors (Lipinski definition) is 2. The smallest absolute Gasteiger partial charge is 0.244 e. The molecule has 0 bridgehead atoms. The average Bonchev–Trinajstić information content (AvgIpc) is 2.51. The Bertz CT molecular complexity index is 721. The molecule has 0 saturated heterocycles. The van der Waals surface area contributed by atoms with Gasteiger partial charge in [-0.2, -0.15) is 0 Å². The highest BCUT2D eigenvalue weighted by molar-refractivity contribution is 6.34. The number of nitrogens with zero attached hydrogens (tertiary/aromatic N) is 1. The Morgan fingerprint density at radius 1 is 1.12 bits per heavy atom. The SMILES string of the molecule is CC(=O)N(CC(=O)Nc1c(C)cc(C)cc1Cl)Cc1ccccc1. The Hall–Kier alpha value is -2.33. The second kappa shape index (κ2) is 7.97. The van der Waals surface area contributed by atoms with Gasteiger partial charge in [0.1, 0.15) is 6.54 Å². The maximum Gasteiger partial charge on any atom is 0.244 e. The summed E-state index contributed by atoms with van der Waals surface area (Å²) in [6.45, 7) is 5.67. The number of anilines is 1. The number of halogens is 1. The molecule has 0 radical (unpaired) electrons. The van der Waals surface area contributed by atoms with Crippen molar-refractivity contribution >= 4 is 29.1 Å². The first-order valence-corrected chi connectivity index (χ1v) is 8.10. The second-order valence-corrected chi connectivity index (χ2v) is 6.25. The number of rotatable bonds is 5. The number of carbonyl (C=O) groups is 2. The number of nitrogens with one attached hydrogen (secondary N) is 1. The van der Waals surface area contributed by atoms with E-state index in [4.69, 9.17) is 11.6 Å². The molecule has 2 rings (SSSR count). The van der Waals surface area contributed by atoms with Crippen LogP contribution in [0.1, 0.15) is 23.6 Å². The maximum absolute atomic E-state index is 12.3. The van der Waals surface area contributed by atoms with E-state index in [1.807, 2.05) is 50.2 Å². The van der Waals surface area contributed by atoms with Gasteiger partial charge in [0.2, 0.25) is 11.8 Å². The van der Waals surface area contributed by atoms with Gasteiger partial charge >= 0.3 is 0 Å². The van der Waals surface area contributed by atoms with Crippen LogP contribution in [0.15, 0.2) is 42.5 Å². The van der Waals surface area contributed by atoms with Crippen molar-refractivity contribution < 1.29 is 9.59 Å². The summed E-state index contributed by atoms with van der Waals surface area (Å²) in [4.78, 5) is 25.7. The van der Waals surface area contributed by atoms with Crippen LogP contribution >= 0.6 is 11.6 Å². The first-order valence-electron chi connectivity index (χ1n) is 7.73. The molecule has 0 heterocycles. The molecule has 2 aromatic carbocycles. The maximum atomic E-state index is 12.3.